The third kappa shape index (κ3) is 2.40. The molecule has 1 aromatic rings. The molecule has 1 aromatic heterocycles. The quantitative estimate of drug-likeness (QED) is 0.652. The van der Waals surface area contributed by atoms with Crippen molar-refractivity contribution in [3.05, 3.63) is 18.1 Å². The molecule has 0 spiro atoms. The normalized spacial score (nSPS) is 10.2. The zero-order valence-corrected chi connectivity index (χ0v) is 5.09. The van der Waals surface area contributed by atoms with Crippen LogP contribution in [0.4, 0.5) is 13.2 Å². The second-order valence-electron chi connectivity index (χ2n) is 1.52. The van der Waals surface area contributed by atoms with Crippen molar-refractivity contribution in [1.82, 2.24) is 10.2 Å². The first-order chi connectivity index (χ1) is 5.18. The van der Waals surface area contributed by atoms with Gasteiger partial charge in [-0.2, -0.15) is 8.78 Å². The molecule has 0 N–H and O–H groups in total. The predicted molar refractivity (Wildman–Crippen MR) is 27.5 cm³/mol. The van der Waals surface area contributed by atoms with E-state index in [0.29, 0.717) is 6.07 Å². The summed E-state index contributed by atoms with van der Waals surface area (Å²) in [6, 6.07) is 0.666. The molecule has 59 valence electrons. The standard InChI is InChI=1S/C5H2F3N2O/c6-3-1-4(10-9-2-3)11-5(7)8/h1,5H. The molecule has 0 amide bonds. The molecule has 3 nitrogen and oxygen atoms in total. The average molecular weight is 163 g/mol. The van der Waals surface area contributed by atoms with Gasteiger partial charge < -0.3 is 4.74 Å². The van der Waals surface area contributed by atoms with Crippen molar-refractivity contribution in [1.29, 1.82) is 0 Å². The van der Waals surface area contributed by atoms with Gasteiger partial charge in [0, 0.05) is 6.07 Å². The van der Waals surface area contributed by atoms with Crippen LogP contribution >= 0.6 is 0 Å². The molecule has 0 atom stereocenters. The monoisotopic (exact) mass is 163 g/mol. The Morgan fingerprint density at radius 3 is 2.82 bits per heavy atom. The SMILES string of the molecule is Fc1[c]nnc(OC(F)F)c1. The smallest absolute Gasteiger partial charge is 0.388 e. The van der Waals surface area contributed by atoms with Gasteiger partial charge in [0.05, 0.1) is 0 Å². The highest BCUT2D eigenvalue weighted by atomic mass is 19.3. The summed E-state index contributed by atoms with van der Waals surface area (Å²) in [5, 5.41) is 5.96. The first kappa shape index (κ1) is 7.77. The van der Waals surface area contributed by atoms with Gasteiger partial charge in [-0.1, -0.05) is 0 Å². The summed E-state index contributed by atoms with van der Waals surface area (Å²) in [7, 11) is 0. The van der Waals surface area contributed by atoms with E-state index < -0.39 is 18.3 Å². The minimum absolute atomic E-state index is 0.559. The molecular formula is C5H2F3N2O. The molecule has 0 aliphatic carbocycles. The molecule has 0 bridgehead atoms. The Morgan fingerprint density at radius 1 is 1.55 bits per heavy atom. The maximum atomic E-state index is 12.1. The van der Waals surface area contributed by atoms with Gasteiger partial charge >= 0.3 is 6.61 Å². The Balaban J connectivity index is 2.71. The molecule has 1 rings (SSSR count). The molecule has 6 heteroatoms. The molecule has 11 heavy (non-hydrogen) atoms. The summed E-state index contributed by atoms with van der Waals surface area (Å²) in [4.78, 5) is 0. The molecule has 1 radical (unpaired) electrons. The van der Waals surface area contributed by atoms with E-state index in [-0.39, 0.29) is 0 Å². The van der Waals surface area contributed by atoms with Crippen molar-refractivity contribution in [2.45, 2.75) is 6.61 Å². The van der Waals surface area contributed by atoms with Gasteiger partial charge in [0.15, 0.2) is 12.0 Å². The highest BCUT2D eigenvalue weighted by Crippen LogP contribution is 2.08. The van der Waals surface area contributed by atoms with Crippen molar-refractivity contribution in [3.63, 3.8) is 0 Å². The van der Waals surface area contributed by atoms with Crippen LogP contribution < -0.4 is 4.74 Å². The van der Waals surface area contributed by atoms with E-state index in [2.05, 4.69) is 14.9 Å². The van der Waals surface area contributed by atoms with Crippen LogP contribution in [0, 0.1) is 12.0 Å². The fraction of sp³-hybridized carbons (Fsp3) is 0.200. The molecular weight excluding hydrogens is 161 g/mol. The Bertz CT molecular complexity index is 243. The Labute approximate surface area is 59.8 Å². The molecule has 1 heterocycles. The van der Waals surface area contributed by atoms with E-state index in [1.165, 1.54) is 0 Å². The van der Waals surface area contributed by atoms with Crippen molar-refractivity contribution in [2.75, 3.05) is 0 Å². The number of alkyl halides is 2. The third-order valence-electron chi connectivity index (χ3n) is 0.765. The Hall–Kier alpha value is -1.33. The number of ether oxygens (including phenoxy) is 1. The van der Waals surface area contributed by atoms with Crippen LogP contribution in [0.3, 0.4) is 0 Å². The van der Waals surface area contributed by atoms with Crippen LogP contribution in [-0.4, -0.2) is 16.8 Å². The number of halogens is 3. The highest BCUT2D eigenvalue weighted by molar-refractivity contribution is 5.06. The van der Waals surface area contributed by atoms with Gasteiger partial charge in [-0.3, -0.25) is 0 Å². The van der Waals surface area contributed by atoms with E-state index >= 15 is 0 Å². The van der Waals surface area contributed by atoms with Gasteiger partial charge in [-0.05, 0) is 0 Å². The minimum Gasteiger partial charge on any atom is -0.415 e. The van der Waals surface area contributed by atoms with Crippen molar-refractivity contribution in [3.8, 4) is 5.88 Å². The van der Waals surface area contributed by atoms with Crippen LogP contribution in [0.2, 0.25) is 0 Å². The first-order valence-electron chi connectivity index (χ1n) is 2.54. The minimum atomic E-state index is -3.02. The molecule has 0 saturated heterocycles. The summed E-state index contributed by atoms with van der Waals surface area (Å²) in [5.41, 5.74) is 0. The summed E-state index contributed by atoms with van der Waals surface area (Å²) in [6.07, 6.45) is 1.79. The van der Waals surface area contributed by atoms with Gasteiger partial charge in [-0.15, -0.1) is 10.2 Å². The van der Waals surface area contributed by atoms with E-state index in [4.69, 9.17) is 0 Å². The Kier molecular flexibility index (Phi) is 2.25. The van der Waals surface area contributed by atoms with Gasteiger partial charge in [0.2, 0.25) is 5.88 Å². The lowest BCUT2D eigenvalue weighted by Crippen LogP contribution is -2.04. The van der Waals surface area contributed by atoms with E-state index in [1.54, 1.807) is 6.20 Å². The number of aromatic nitrogens is 2. The van der Waals surface area contributed by atoms with Gasteiger partial charge in [0.1, 0.15) is 0 Å². The highest BCUT2D eigenvalue weighted by Gasteiger charge is 2.06. The summed E-state index contributed by atoms with van der Waals surface area (Å²) in [5.74, 6) is -1.45. The van der Waals surface area contributed by atoms with E-state index in [1.807, 2.05) is 0 Å². The van der Waals surface area contributed by atoms with Gasteiger partial charge in [-0.25, -0.2) is 4.39 Å². The van der Waals surface area contributed by atoms with Crippen molar-refractivity contribution < 1.29 is 17.9 Å². The van der Waals surface area contributed by atoms with Crippen molar-refractivity contribution >= 4 is 0 Å². The largest absolute Gasteiger partial charge is 0.415 e. The second-order valence-corrected chi connectivity index (χ2v) is 1.52. The molecule has 0 aromatic carbocycles. The molecule has 0 unspecified atom stereocenters. The zero-order chi connectivity index (χ0) is 8.27. The number of hydrogen-bond acceptors (Lipinski definition) is 3. The molecule has 0 fully saturated rings. The van der Waals surface area contributed by atoms with Crippen LogP contribution in [-0.2, 0) is 0 Å². The summed E-state index contributed by atoms with van der Waals surface area (Å²) in [6.45, 7) is -3.02. The fourth-order valence-electron chi connectivity index (χ4n) is 0.440. The lowest BCUT2D eigenvalue weighted by molar-refractivity contribution is -0.0536. The lowest BCUT2D eigenvalue weighted by atomic mass is 10.5. The van der Waals surface area contributed by atoms with Gasteiger partial charge in [0.25, 0.3) is 0 Å². The van der Waals surface area contributed by atoms with E-state index in [9.17, 15) is 13.2 Å². The van der Waals surface area contributed by atoms with Crippen LogP contribution in [0.15, 0.2) is 6.07 Å². The first-order valence-corrected chi connectivity index (χ1v) is 2.54. The Morgan fingerprint density at radius 2 is 2.27 bits per heavy atom. The topological polar surface area (TPSA) is 35.0 Å². The zero-order valence-electron chi connectivity index (χ0n) is 5.09. The predicted octanol–water partition coefficient (Wildman–Crippen LogP) is 1.02. The summed E-state index contributed by atoms with van der Waals surface area (Å²) >= 11 is 0. The number of nitrogens with zero attached hydrogens (tertiary/aromatic N) is 2. The maximum absolute atomic E-state index is 12.1. The van der Waals surface area contributed by atoms with Crippen LogP contribution in [0.5, 0.6) is 5.88 Å². The third-order valence-corrected chi connectivity index (χ3v) is 0.765. The molecule has 0 aliphatic rings. The van der Waals surface area contributed by atoms with Crippen LogP contribution in [0.25, 0.3) is 0 Å². The fourth-order valence-corrected chi connectivity index (χ4v) is 0.440. The maximum Gasteiger partial charge on any atom is 0.388 e. The number of hydrogen-bond donors (Lipinski definition) is 0. The molecule has 0 aliphatic heterocycles. The summed E-state index contributed by atoms with van der Waals surface area (Å²) < 4.78 is 38.7. The van der Waals surface area contributed by atoms with Crippen molar-refractivity contribution in [2.24, 2.45) is 0 Å². The van der Waals surface area contributed by atoms with Crippen LogP contribution in [0.1, 0.15) is 0 Å². The molecule has 0 saturated carbocycles. The lowest BCUT2D eigenvalue weighted by Gasteiger charge is -1.99. The van der Waals surface area contributed by atoms with E-state index in [0.717, 1.165) is 0 Å². The average Bonchev–Trinajstić information content (AvgIpc) is 1.85. The number of rotatable bonds is 2. The second kappa shape index (κ2) is 3.18.